The molecule has 1 aromatic carbocycles. The van der Waals surface area contributed by atoms with E-state index in [2.05, 4.69) is 0 Å². The van der Waals surface area contributed by atoms with Crippen molar-refractivity contribution in [3.05, 3.63) is 29.6 Å². The van der Waals surface area contributed by atoms with Gasteiger partial charge in [0.05, 0.1) is 6.61 Å². The van der Waals surface area contributed by atoms with Crippen LogP contribution in [0.2, 0.25) is 0 Å². The van der Waals surface area contributed by atoms with E-state index in [0.29, 0.717) is 6.42 Å². The molecule has 0 aliphatic rings. The number of hydrogen-bond acceptors (Lipinski definition) is 4. The molecule has 0 saturated carbocycles. The Kier molecular flexibility index (Phi) is 5.48. The van der Waals surface area contributed by atoms with Gasteiger partial charge in [0.25, 0.3) is 0 Å². The SMILES string of the molecule is CCOC(=O)C(CC)Oc1ccc(C(C)=O)cc1F. The predicted molar refractivity (Wildman–Crippen MR) is 67.7 cm³/mol. The Morgan fingerprint density at radius 3 is 2.47 bits per heavy atom. The highest BCUT2D eigenvalue weighted by atomic mass is 19.1. The number of ketones is 1. The number of ether oxygens (including phenoxy) is 2. The molecule has 0 fully saturated rings. The fraction of sp³-hybridized carbons (Fsp3) is 0.429. The van der Waals surface area contributed by atoms with E-state index < -0.39 is 17.9 Å². The Morgan fingerprint density at radius 1 is 1.32 bits per heavy atom. The molecule has 0 heterocycles. The van der Waals surface area contributed by atoms with E-state index in [1.165, 1.54) is 19.1 Å². The second kappa shape index (κ2) is 6.87. The zero-order chi connectivity index (χ0) is 14.4. The average molecular weight is 268 g/mol. The number of Topliss-reactive ketones (excluding diaryl/α,β-unsaturated/α-hetero) is 1. The third-order valence-electron chi connectivity index (χ3n) is 2.53. The summed E-state index contributed by atoms with van der Waals surface area (Å²) in [5, 5.41) is 0. The normalized spacial score (nSPS) is 11.8. The number of rotatable bonds is 6. The van der Waals surface area contributed by atoms with E-state index in [4.69, 9.17) is 9.47 Å². The molecular formula is C14H17FO4. The number of halogens is 1. The third kappa shape index (κ3) is 4.05. The van der Waals surface area contributed by atoms with Crippen LogP contribution in [0.5, 0.6) is 5.75 Å². The molecule has 1 unspecified atom stereocenters. The van der Waals surface area contributed by atoms with Gasteiger partial charge in [-0.25, -0.2) is 9.18 Å². The van der Waals surface area contributed by atoms with Gasteiger partial charge >= 0.3 is 5.97 Å². The second-order valence-corrected chi connectivity index (χ2v) is 3.97. The van der Waals surface area contributed by atoms with Crippen LogP contribution in [0.25, 0.3) is 0 Å². The molecule has 0 N–H and O–H groups in total. The molecule has 0 aliphatic carbocycles. The van der Waals surface area contributed by atoms with Crippen molar-refractivity contribution in [2.75, 3.05) is 6.61 Å². The Bertz CT molecular complexity index is 471. The van der Waals surface area contributed by atoms with E-state index in [1.807, 2.05) is 0 Å². The maximum absolute atomic E-state index is 13.7. The van der Waals surface area contributed by atoms with E-state index in [1.54, 1.807) is 13.8 Å². The minimum absolute atomic E-state index is 0.0649. The first kappa shape index (κ1) is 15.1. The lowest BCUT2D eigenvalue weighted by Crippen LogP contribution is -2.29. The van der Waals surface area contributed by atoms with Crippen LogP contribution in [0.15, 0.2) is 18.2 Å². The minimum Gasteiger partial charge on any atom is -0.476 e. The summed E-state index contributed by atoms with van der Waals surface area (Å²) in [5.74, 6) is -1.50. The van der Waals surface area contributed by atoms with E-state index >= 15 is 0 Å². The molecule has 1 rings (SSSR count). The Hall–Kier alpha value is -1.91. The molecular weight excluding hydrogens is 251 g/mol. The standard InChI is InChI=1S/C14H17FO4/c1-4-12(14(17)18-5-2)19-13-7-6-10(9(3)16)8-11(13)15/h6-8,12H,4-5H2,1-3H3. The topological polar surface area (TPSA) is 52.6 Å². The highest BCUT2D eigenvalue weighted by Crippen LogP contribution is 2.21. The van der Waals surface area contributed by atoms with E-state index in [0.717, 1.165) is 6.07 Å². The predicted octanol–water partition coefficient (Wildman–Crippen LogP) is 2.75. The molecule has 0 aromatic heterocycles. The van der Waals surface area contributed by atoms with Gasteiger partial charge in [0.15, 0.2) is 23.5 Å². The van der Waals surface area contributed by atoms with Crippen molar-refractivity contribution in [1.29, 1.82) is 0 Å². The molecule has 19 heavy (non-hydrogen) atoms. The quantitative estimate of drug-likeness (QED) is 0.588. The summed E-state index contributed by atoms with van der Waals surface area (Å²) >= 11 is 0. The van der Waals surface area contributed by atoms with Crippen LogP contribution in [-0.4, -0.2) is 24.5 Å². The monoisotopic (exact) mass is 268 g/mol. The number of carbonyl (C=O) groups excluding carboxylic acids is 2. The first-order valence-corrected chi connectivity index (χ1v) is 6.13. The van der Waals surface area contributed by atoms with Crippen LogP contribution in [0.4, 0.5) is 4.39 Å². The average Bonchev–Trinajstić information content (AvgIpc) is 2.37. The van der Waals surface area contributed by atoms with Gasteiger partial charge in [-0.05, 0) is 38.5 Å². The molecule has 0 saturated heterocycles. The van der Waals surface area contributed by atoms with E-state index in [-0.39, 0.29) is 23.7 Å². The van der Waals surface area contributed by atoms with Crippen LogP contribution in [0.1, 0.15) is 37.6 Å². The lowest BCUT2D eigenvalue weighted by Gasteiger charge is -2.16. The lowest BCUT2D eigenvalue weighted by molar-refractivity contribution is -0.151. The zero-order valence-corrected chi connectivity index (χ0v) is 11.2. The molecule has 4 nitrogen and oxygen atoms in total. The Balaban J connectivity index is 2.86. The highest BCUT2D eigenvalue weighted by Gasteiger charge is 2.21. The molecule has 0 aliphatic heterocycles. The molecule has 0 radical (unpaired) electrons. The zero-order valence-electron chi connectivity index (χ0n) is 11.2. The number of benzene rings is 1. The van der Waals surface area contributed by atoms with Crippen molar-refractivity contribution in [1.82, 2.24) is 0 Å². The summed E-state index contributed by atoms with van der Waals surface area (Å²) in [5.41, 5.74) is 0.258. The molecule has 104 valence electrons. The van der Waals surface area contributed by atoms with Gasteiger partial charge in [-0.3, -0.25) is 4.79 Å². The first-order valence-electron chi connectivity index (χ1n) is 6.13. The van der Waals surface area contributed by atoms with E-state index in [9.17, 15) is 14.0 Å². The fourth-order valence-electron chi connectivity index (χ4n) is 1.50. The van der Waals surface area contributed by atoms with Gasteiger partial charge in [0, 0.05) is 5.56 Å². The molecule has 1 aromatic rings. The molecule has 0 spiro atoms. The maximum Gasteiger partial charge on any atom is 0.347 e. The van der Waals surface area contributed by atoms with Crippen LogP contribution in [0.3, 0.4) is 0 Å². The van der Waals surface area contributed by atoms with Crippen molar-refractivity contribution in [3.63, 3.8) is 0 Å². The largest absolute Gasteiger partial charge is 0.476 e. The Morgan fingerprint density at radius 2 is 2.00 bits per heavy atom. The summed E-state index contributed by atoms with van der Waals surface area (Å²) in [6.07, 6.45) is -0.482. The van der Waals surface area contributed by atoms with Gasteiger partial charge in [-0.15, -0.1) is 0 Å². The second-order valence-electron chi connectivity index (χ2n) is 3.97. The summed E-state index contributed by atoms with van der Waals surface area (Å²) in [7, 11) is 0. The van der Waals surface area contributed by atoms with Crippen molar-refractivity contribution in [2.24, 2.45) is 0 Å². The number of hydrogen-bond donors (Lipinski definition) is 0. The van der Waals surface area contributed by atoms with Crippen molar-refractivity contribution in [3.8, 4) is 5.75 Å². The summed E-state index contributed by atoms with van der Waals surface area (Å²) in [6, 6.07) is 3.89. The Labute approximate surface area is 111 Å². The van der Waals surface area contributed by atoms with Gasteiger partial charge in [0.1, 0.15) is 0 Å². The first-order chi connectivity index (χ1) is 8.99. The molecule has 5 heteroatoms. The van der Waals surface area contributed by atoms with Gasteiger partial charge < -0.3 is 9.47 Å². The summed E-state index contributed by atoms with van der Waals surface area (Å²) in [4.78, 5) is 22.6. The summed E-state index contributed by atoms with van der Waals surface area (Å²) in [6.45, 7) is 5.02. The van der Waals surface area contributed by atoms with Gasteiger partial charge in [-0.1, -0.05) is 6.92 Å². The maximum atomic E-state index is 13.7. The molecule has 1 atom stereocenters. The van der Waals surface area contributed by atoms with Crippen molar-refractivity contribution < 1.29 is 23.5 Å². The number of carbonyl (C=O) groups is 2. The van der Waals surface area contributed by atoms with Crippen molar-refractivity contribution in [2.45, 2.75) is 33.3 Å². The third-order valence-corrected chi connectivity index (χ3v) is 2.53. The van der Waals surface area contributed by atoms with Gasteiger partial charge in [-0.2, -0.15) is 0 Å². The van der Waals surface area contributed by atoms with Crippen LogP contribution in [0, 0.1) is 5.82 Å². The highest BCUT2D eigenvalue weighted by molar-refractivity contribution is 5.94. The minimum atomic E-state index is -0.849. The number of esters is 1. The fourth-order valence-corrected chi connectivity index (χ4v) is 1.50. The summed E-state index contributed by atoms with van der Waals surface area (Å²) < 4.78 is 23.8. The lowest BCUT2D eigenvalue weighted by atomic mass is 10.1. The van der Waals surface area contributed by atoms with Gasteiger partial charge in [0.2, 0.25) is 0 Å². The van der Waals surface area contributed by atoms with Crippen molar-refractivity contribution >= 4 is 11.8 Å². The smallest absolute Gasteiger partial charge is 0.347 e. The van der Waals surface area contributed by atoms with Crippen LogP contribution >= 0.6 is 0 Å². The van der Waals surface area contributed by atoms with Crippen LogP contribution < -0.4 is 4.74 Å². The molecule has 0 bridgehead atoms. The molecule has 0 amide bonds. The van der Waals surface area contributed by atoms with Crippen LogP contribution in [-0.2, 0) is 9.53 Å².